The monoisotopic (exact) mass is 397 g/mol. The number of nitrogens with one attached hydrogen (secondary N) is 2. The molecule has 7 nitrogen and oxygen atoms in total. The lowest BCUT2D eigenvalue weighted by Gasteiger charge is -2.13. The van der Waals surface area contributed by atoms with E-state index in [4.69, 9.17) is 4.74 Å². The second kappa shape index (κ2) is 11.2. The van der Waals surface area contributed by atoms with Gasteiger partial charge in [0.1, 0.15) is 6.10 Å². The zero-order valence-corrected chi connectivity index (χ0v) is 17.1. The Kier molecular flexibility index (Phi) is 8.10. The lowest BCUT2D eigenvalue weighted by Crippen LogP contribution is -2.38. The molecule has 0 bridgehead atoms. The molecule has 7 heteroatoms. The topological polar surface area (TPSA) is 80.5 Å². The third-order valence-corrected chi connectivity index (χ3v) is 5.09. The zero-order valence-electron chi connectivity index (χ0n) is 17.1. The molecule has 3 rings (SSSR count). The van der Waals surface area contributed by atoms with Crippen molar-refractivity contribution in [3.8, 4) is 5.69 Å². The number of hydrogen-bond donors (Lipinski definition) is 2. The highest BCUT2D eigenvalue weighted by Crippen LogP contribution is 2.21. The van der Waals surface area contributed by atoms with Crippen LogP contribution in [-0.2, 0) is 16.0 Å². The van der Waals surface area contributed by atoms with E-state index in [0.717, 1.165) is 43.9 Å². The smallest absolute Gasteiger partial charge is 0.306 e. The van der Waals surface area contributed by atoms with Gasteiger partial charge in [0.25, 0.3) is 0 Å². The Bertz CT molecular complexity index is 765. The van der Waals surface area contributed by atoms with Gasteiger partial charge in [-0.05, 0) is 62.3 Å². The molecule has 0 unspecified atom stereocenters. The van der Waals surface area contributed by atoms with Crippen LogP contribution in [0, 0.1) is 0 Å². The number of esters is 1. The molecule has 156 valence electrons. The second-order valence-electron chi connectivity index (χ2n) is 7.29. The van der Waals surface area contributed by atoms with E-state index in [0.29, 0.717) is 13.0 Å². The van der Waals surface area contributed by atoms with Crippen LogP contribution in [0.25, 0.3) is 5.69 Å². The number of ether oxygens (including phenoxy) is 1. The van der Waals surface area contributed by atoms with Crippen LogP contribution in [0.15, 0.2) is 47.7 Å². The normalized spacial score (nSPS) is 14.7. The Morgan fingerprint density at radius 2 is 1.97 bits per heavy atom. The first kappa shape index (κ1) is 20.9. The predicted octanol–water partition coefficient (Wildman–Crippen LogP) is 2.85. The van der Waals surface area contributed by atoms with Gasteiger partial charge in [-0.25, -0.2) is 4.68 Å². The Morgan fingerprint density at radius 1 is 1.21 bits per heavy atom. The van der Waals surface area contributed by atoms with E-state index in [9.17, 15) is 4.79 Å². The standard InChI is InChI=1S/C22H31N5O2/c1-23-22(24-14-4-8-21(28)29-20-6-2-3-7-20)25-16-13-18-9-11-19(12-10-18)27-17-5-15-26-27/h5,9-12,15,17,20H,2-4,6-8,13-14,16H2,1H3,(H2,23,24,25). The fourth-order valence-corrected chi connectivity index (χ4v) is 3.47. The van der Waals surface area contributed by atoms with E-state index in [-0.39, 0.29) is 12.1 Å². The Morgan fingerprint density at radius 3 is 2.66 bits per heavy atom. The summed E-state index contributed by atoms with van der Waals surface area (Å²) in [5, 5.41) is 10.8. The molecular formula is C22H31N5O2. The first-order chi connectivity index (χ1) is 14.2. The van der Waals surface area contributed by atoms with Gasteiger partial charge < -0.3 is 15.4 Å². The van der Waals surface area contributed by atoms with Gasteiger partial charge >= 0.3 is 5.97 Å². The van der Waals surface area contributed by atoms with Crippen molar-refractivity contribution in [1.29, 1.82) is 0 Å². The average Bonchev–Trinajstić information content (AvgIpc) is 3.44. The summed E-state index contributed by atoms with van der Waals surface area (Å²) in [6.45, 7) is 1.47. The number of guanidine groups is 1. The number of benzene rings is 1. The molecule has 0 atom stereocenters. The minimum Gasteiger partial charge on any atom is -0.462 e. The Balaban J connectivity index is 1.29. The fraction of sp³-hybridized carbons (Fsp3) is 0.500. The van der Waals surface area contributed by atoms with Gasteiger partial charge in [-0.15, -0.1) is 0 Å². The summed E-state index contributed by atoms with van der Waals surface area (Å²) < 4.78 is 7.32. The van der Waals surface area contributed by atoms with E-state index in [1.54, 1.807) is 13.2 Å². The van der Waals surface area contributed by atoms with Gasteiger partial charge in [-0.3, -0.25) is 9.79 Å². The molecule has 1 aromatic heterocycles. The molecule has 1 saturated carbocycles. The number of rotatable bonds is 9. The van der Waals surface area contributed by atoms with E-state index in [2.05, 4.69) is 45.0 Å². The van der Waals surface area contributed by atoms with Crippen molar-refractivity contribution in [2.75, 3.05) is 20.1 Å². The molecule has 1 aromatic carbocycles. The summed E-state index contributed by atoms with van der Waals surface area (Å²) in [7, 11) is 1.75. The highest BCUT2D eigenvalue weighted by molar-refractivity contribution is 5.79. The minimum atomic E-state index is -0.0831. The molecule has 2 aromatic rings. The van der Waals surface area contributed by atoms with Crippen LogP contribution in [0.4, 0.5) is 0 Å². The van der Waals surface area contributed by atoms with Crippen LogP contribution in [0.5, 0.6) is 0 Å². The van der Waals surface area contributed by atoms with Crippen LogP contribution in [-0.4, -0.2) is 48.0 Å². The molecular weight excluding hydrogens is 366 g/mol. The molecule has 2 N–H and O–H groups in total. The molecule has 0 aliphatic heterocycles. The SMILES string of the molecule is CN=C(NCCCC(=O)OC1CCCC1)NCCc1ccc(-n2cccn2)cc1. The Hall–Kier alpha value is -2.83. The minimum absolute atomic E-state index is 0.0831. The van der Waals surface area contributed by atoms with Crippen LogP contribution < -0.4 is 10.6 Å². The van der Waals surface area contributed by atoms with Crippen molar-refractivity contribution in [3.63, 3.8) is 0 Å². The molecule has 0 radical (unpaired) electrons. The van der Waals surface area contributed by atoms with Gasteiger partial charge in [0, 0.05) is 39.0 Å². The fourth-order valence-electron chi connectivity index (χ4n) is 3.47. The molecule has 1 fully saturated rings. The van der Waals surface area contributed by atoms with E-state index >= 15 is 0 Å². The van der Waals surface area contributed by atoms with Crippen molar-refractivity contribution in [1.82, 2.24) is 20.4 Å². The maximum Gasteiger partial charge on any atom is 0.306 e. The molecule has 1 aliphatic carbocycles. The van der Waals surface area contributed by atoms with Crippen molar-refractivity contribution in [2.24, 2.45) is 4.99 Å². The van der Waals surface area contributed by atoms with Crippen LogP contribution in [0.3, 0.4) is 0 Å². The van der Waals surface area contributed by atoms with Crippen LogP contribution in [0.2, 0.25) is 0 Å². The number of carbonyl (C=O) groups is 1. The average molecular weight is 398 g/mol. The zero-order chi connectivity index (χ0) is 20.3. The lowest BCUT2D eigenvalue weighted by atomic mass is 10.1. The van der Waals surface area contributed by atoms with Crippen molar-refractivity contribution in [2.45, 2.75) is 51.0 Å². The molecule has 29 heavy (non-hydrogen) atoms. The van der Waals surface area contributed by atoms with Crippen molar-refractivity contribution < 1.29 is 9.53 Å². The summed E-state index contributed by atoms with van der Waals surface area (Å²) in [5.74, 6) is 0.669. The maximum atomic E-state index is 11.8. The number of aromatic nitrogens is 2. The molecule has 0 spiro atoms. The summed E-state index contributed by atoms with van der Waals surface area (Å²) in [6, 6.07) is 10.3. The summed E-state index contributed by atoms with van der Waals surface area (Å²) in [6.07, 6.45) is 10.3. The van der Waals surface area contributed by atoms with Crippen LogP contribution in [0.1, 0.15) is 44.1 Å². The van der Waals surface area contributed by atoms with Crippen LogP contribution >= 0.6 is 0 Å². The van der Waals surface area contributed by atoms with E-state index in [1.165, 1.54) is 18.4 Å². The predicted molar refractivity (Wildman–Crippen MR) is 114 cm³/mol. The van der Waals surface area contributed by atoms with Gasteiger partial charge in [-0.2, -0.15) is 5.10 Å². The largest absolute Gasteiger partial charge is 0.462 e. The van der Waals surface area contributed by atoms with E-state index < -0.39 is 0 Å². The highest BCUT2D eigenvalue weighted by atomic mass is 16.5. The third kappa shape index (κ3) is 6.93. The molecule has 1 heterocycles. The maximum absolute atomic E-state index is 11.8. The highest BCUT2D eigenvalue weighted by Gasteiger charge is 2.18. The first-order valence-electron chi connectivity index (χ1n) is 10.5. The first-order valence-corrected chi connectivity index (χ1v) is 10.5. The van der Waals surface area contributed by atoms with Gasteiger partial charge in [0.05, 0.1) is 5.69 Å². The number of hydrogen-bond acceptors (Lipinski definition) is 4. The van der Waals surface area contributed by atoms with Crippen molar-refractivity contribution >= 4 is 11.9 Å². The number of aliphatic imine (C=N–C) groups is 1. The quantitative estimate of drug-likeness (QED) is 0.294. The molecule has 1 aliphatic rings. The molecule has 0 saturated heterocycles. The van der Waals surface area contributed by atoms with Gasteiger partial charge in [0.2, 0.25) is 0 Å². The number of nitrogens with zero attached hydrogens (tertiary/aromatic N) is 3. The molecule has 0 amide bonds. The number of carbonyl (C=O) groups excluding carboxylic acids is 1. The van der Waals surface area contributed by atoms with Gasteiger partial charge in [-0.1, -0.05) is 12.1 Å². The third-order valence-electron chi connectivity index (χ3n) is 5.09. The van der Waals surface area contributed by atoms with Gasteiger partial charge in [0.15, 0.2) is 5.96 Å². The summed E-state index contributed by atoms with van der Waals surface area (Å²) in [4.78, 5) is 16.1. The lowest BCUT2D eigenvalue weighted by molar-refractivity contribution is -0.148. The Labute approximate surface area is 172 Å². The summed E-state index contributed by atoms with van der Waals surface area (Å²) in [5.41, 5.74) is 2.30. The second-order valence-corrected chi connectivity index (χ2v) is 7.29. The summed E-state index contributed by atoms with van der Waals surface area (Å²) >= 11 is 0. The van der Waals surface area contributed by atoms with E-state index in [1.807, 2.05) is 16.9 Å². The van der Waals surface area contributed by atoms with Crippen molar-refractivity contribution in [3.05, 3.63) is 48.3 Å².